The molecule has 0 atom stereocenters. The third-order valence-electron chi connectivity index (χ3n) is 4.82. The topological polar surface area (TPSA) is 35.2 Å². The molecule has 4 nitrogen and oxygen atoms in total. The second-order valence-electron chi connectivity index (χ2n) is 6.65. The Kier molecular flexibility index (Phi) is 4.11. The zero-order valence-corrected chi connectivity index (χ0v) is 14.3. The van der Waals surface area contributed by atoms with Crippen molar-refractivity contribution in [1.82, 2.24) is 14.9 Å². The van der Waals surface area contributed by atoms with Crippen LogP contribution in [-0.2, 0) is 6.18 Å². The third-order valence-corrected chi connectivity index (χ3v) is 4.82. The van der Waals surface area contributed by atoms with Crippen molar-refractivity contribution in [3.8, 4) is 11.4 Å². The minimum atomic E-state index is -4.36. The molecule has 26 heavy (non-hydrogen) atoms. The van der Waals surface area contributed by atoms with Gasteiger partial charge >= 0.3 is 6.18 Å². The zero-order chi connectivity index (χ0) is 18.3. The van der Waals surface area contributed by atoms with Gasteiger partial charge in [0, 0.05) is 37.4 Å². The fourth-order valence-corrected chi connectivity index (χ4v) is 3.22. The van der Waals surface area contributed by atoms with E-state index < -0.39 is 11.7 Å². The van der Waals surface area contributed by atoms with Gasteiger partial charge in [0.1, 0.15) is 5.82 Å². The monoisotopic (exact) mass is 360 g/mol. The number of nitrogens with zero attached hydrogens (tertiary/aromatic N) is 3. The molecule has 0 spiro atoms. The van der Waals surface area contributed by atoms with Crippen LogP contribution in [0.1, 0.15) is 5.56 Å². The number of aromatic nitrogens is 2. The maximum atomic E-state index is 12.8. The van der Waals surface area contributed by atoms with E-state index >= 15 is 0 Å². The number of anilines is 1. The molecule has 0 aliphatic carbocycles. The van der Waals surface area contributed by atoms with Crippen molar-refractivity contribution in [2.75, 3.05) is 38.1 Å². The number of piperazine rings is 1. The van der Waals surface area contributed by atoms with E-state index in [1.54, 1.807) is 0 Å². The highest BCUT2D eigenvalue weighted by Crippen LogP contribution is 2.32. The number of benzene rings is 2. The summed E-state index contributed by atoms with van der Waals surface area (Å²) in [5, 5.41) is 0. The molecule has 0 unspecified atom stereocenters. The van der Waals surface area contributed by atoms with Gasteiger partial charge in [-0.1, -0.05) is 0 Å². The number of likely N-dealkylation sites (N-methyl/N-ethyl adjacent to an activating group) is 1. The van der Waals surface area contributed by atoms with Crippen LogP contribution in [0.15, 0.2) is 42.5 Å². The van der Waals surface area contributed by atoms with Crippen LogP contribution in [0, 0.1) is 0 Å². The zero-order valence-electron chi connectivity index (χ0n) is 14.3. The molecule has 4 rings (SSSR count). The molecule has 2 aromatic carbocycles. The molecule has 0 bridgehead atoms. The standard InChI is InChI=1S/C19H19F3N4/c1-25-8-10-26(11-9-25)15-5-2-13(3-6-15)18-23-16-7-4-14(19(20,21)22)12-17(16)24-18/h2-7,12H,8-11H2,1H3,(H,23,24). The highest BCUT2D eigenvalue weighted by atomic mass is 19.4. The van der Waals surface area contributed by atoms with Gasteiger partial charge < -0.3 is 14.8 Å². The smallest absolute Gasteiger partial charge is 0.369 e. The van der Waals surface area contributed by atoms with E-state index in [1.165, 1.54) is 6.07 Å². The molecule has 0 amide bonds. The van der Waals surface area contributed by atoms with Crippen LogP contribution in [-0.4, -0.2) is 48.1 Å². The van der Waals surface area contributed by atoms with Crippen molar-refractivity contribution in [3.63, 3.8) is 0 Å². The van der Waals surface area contributed by atoms with Crippen molar-refractivity contribution < 1.29 is 13.2 Å². The predicted molar refractivity (Wildman–Crippen MR) is 96.2 cm³/mol. The van der Waals surface area contributed by atoms with E-state index in [0.29, 0.717) is 16.9 Å². The van der Waals surface area contributed by atoms with Gasteiger partial charge in [-0.2, -0.15) is 13.2 Å². The highest BCUT2D eigenvalue weighted by molar-refractivity contribution is 5.80. The normalized spacial score (nSPS) is 16.4. The minimum absolute atomic E-state index is 0.387. The van der Waals surface area contributed by atoms with Gasteiger partial charge in [0.25, 0.3) is 0 Å². The molecular formula is C19H19F3N4. The minimum Gasteiger partial charge on any atom is -0.369 e. The Balaban J connectivity index is 1.59. The fourth-order valence-electron chi connectivity index (χ4n) is 3.22. The van der Waals surface area contributed by atoms with Crippen molar-refractivity contribution in [2.24, 2.45) is 0 Å². The Morgan fingerprint density at radius 1 is 0.962 bits per heavy atom. The van der Waals surface area contributed by atoms with Gasteiger partial charge in [-0.25, -0.2) is 4.98 Å². The fraction of sp³-hybridized carbons (Fsp3) is 0.316. The number of nitrogens with one attached hydrogen (secondary N) is 1. The Morgan fingerprint density at radius 3 is 2.31 bits per heavy atom. The summed E-state index contributed by atoms with van der Waals surface area (Å²) in [6.45, 7) is 4.04. The maximum Gasteiger partial charge on any atom is 0.416 e. The van der Waals surface area contributed by atoms with Crippen molar-refractivity contribution >= 4 is 16.7 Å². The second-order valence-corrected chi connectivity index (χ2v) is 6.65. The number of rotatable bonds is 2. The lowest BCUT2D eigenvalue weighted by atomic mass is 10.1. The van der Waals surface area contributed by atoms with Crippen molar-refractivity contribution in [1.29, 1.82) is 0 Å². The summed E-state index contributed by atoms with van der Waals surface area (Å²) in [6, 6.07) is 11.5. The summed E-state index contributed by atoms with van der Waals surface area (Å²) in [7, 11) is 2.12. The number of hydrogen-bond acceptors (Lipinski definition) is 3. The number of halogens is 3. The molecule has 1 aromatic heterocycles. The van der Waals surface area contributed by atoms with E-state index in [2.05, 4.69) is 26.8 Å². The van der Waals surface area contributed by atoms with Gasteiger partial charge in [-0.3, -0.25) is 0 Å². The summed E-state index contributed by atoms with van der Waals surface area (Å²) in [6.07, 6.45) is -4.36. The summed E-state index contributed by atoms with van der Waals surface area (Å²) in [5.41, 5.74) is 2.24. The van der Waals surface area contributed by atoms with E-state index in [4.69, 9.17) is 0 Å². The van der Waals surface area contributed by atoms with Crippen LogP contribution in [0.2, 0.25) is 0 Å². The average Bonchev–Trinajstić information content (AvgIpc) is 3.05. The van der Waals surface area contributed by atoms with E-state index in [0.717, 1.165) is 49.6 Å². The van der Waals surface area contributed by atoms with Gasteiger partial charge in [-0.05, 0) is 49.5 Å². The SMILES string of the molecule is CN1CCN(c2ccc(-c3nc4ccc(C(F)(F)F)cc4[nH]3)cc2)CC1. The number of aromatic amines is 1. The van der Waals surface area contributed by atoms with E-state index in [9.17, 15) is 13.2 Å². The lowest BCUT2D eigenvalue weighted by Gasteiger charge is -2.34. The molecule has 1 aliphatic rings. The molecule has 7 heteroatoms. The molecule has 3 aromatic rings. The molecule has 136 valence electrons. The van der Waals surface area contributed by atoms with Gasteiger partial charge in [0.2, 0.25) is 0 Å². The maximum absolute atomic E-state index is 12.8. The number of H-pyrrole nitrogens is 1. The number of alkyl halides is 3. The predicted octanol–water partition coefficient (Wildman–Crippen LogP) is 4.00. The van der Waals surface area contributed by atoms with E-state index in [1.807, 2.05) is 24.3 Å². The molecule has 1 N–H and O–H groups in total. The second kappa shape index (κ2) is 6.32. The van der Waals surface area contributed by atoms with Crippen LogP contribution < -0.4 is 4.90 Å². The Bertz CT molecular complexity index is 907. The molecule has 1 saturated heterocycles. The average molecular weight is 360 g/mol. The molecule has 1 fully saturated rings. The first-order chi connectivity index (χ1) is 12.4. The summed E-state index contributed by atoms with van der Waals surface area (Å²) >= 11 is 0. The largest absolute Gasteiger partial charge is 0.416 e. The quantitative estimate of drug-likeness (QED) is 0.750. The van der Waals surface area contributed by atoms with Crippen molar-refractivity contribution in [2.45, 2.75) is 6.18 Å². The Labute approximate surface area is 149 Å². The lowest BCUT2D eigenvalue weighted by Crippen LogP contribution is -2.44. The molecule has 1 aliphatic heterocycles. The Hall–Kier alpha value is -2.54. The van der Waals surface area contributed by atoms with Crippen LogP contribution in [0.3, 0.4) is 0 Å². The van der Waals surface area contributed by atoms with E-state index in [-0.39, 0.29) is 0 Å². The highest BCUT2D eigenvalue weighted by Gasteiger charge is 2.30. The molecule has 0 saturated carbocycles. The first-order valence-electron chi connectivity index (χ1n) is 8.51. The summed E-state index contributed by atoms with van der Waals surface area (Å²) < 4.78 is 38.5. The lowest BCUT2D eigenvalue weighted by molar-refractivity contribution is -0.137. The van der Waals surface area contributed by atoms with Gasteiger partial charge in [0.05, 0.1) is 16.6 Å². The number of fused-ring (bicyclic) bond motifs is 1. The van der Waals surface area contributed by atoms with Crippen LogP contribution in [0.5, 0.6) is 0 Å². The summed E-state index contributed by atoms with van der Waals surface area (Å²) in [4.78, 5) is 12.0. The Morgan fingerprint density at radius 2 is 1.65 bits per heavy atom. The first kappa shape index (κ1) is 16.9. The molecule has 2 heterocycles. The first-order valence-corrected chi connectivity index (χ1v) is 8.51. The molecular weight excluding hydrogens is 341 g/mol. The van der Waals surface area contributed by atoms with Gasteiger partial charge in [0.15, 0.2) is 0 Å². The summed E-state index contributed by atoms with van der Waals surface area (Å²) in [5.74, 6) is 0.573. The number of hydrogen-bond donors (Lipinski definition) is 1. The van der Waals surface area contributed by atoms with Gasteiger partial charge in [-0.15, -0.1) is 0 Å². The third kappa shape index (κ3) is 3.26. The number of imidazole rings is 1. The van der Waals surface area contributed by atoms with Crippen LogP contribution in [0.25, 0.3) is 22.4 Å². The van der Waals surface area contributed by atoms with Crippen molar-refractivity contribution in [3.05, 3.63) is 48.0 Å². The molecule has 0 radical (unpaired) electrons. The van der Waals surface area contributed by atoms with Crippen LogP contribution >= 0.6 is 0 Å². The van der Waals surface area contributed by atoms with Crippen LogP contribution in [0.4, 0.5) is 18.9 Å².